The largest absolute Gasteiger partial charge is 0.278 e. The quantitative estimate of drug-likeness (QED) is 0.527. The molecule has 0 spiro atoms. The smallest absolute Gasteiger partial charge is 0.112 e. The van der Waals surface area contributed by atoms with Crippen molar-refractivity contribution in [3.05, 3.63) is 42.9 Å². The van der Waals surface area contributed by atoms with E-state index in [0.717, 1.165) is 33.8 Å². The van der Waals surface area contributed by atoms with Crippen molar-refractivity contribution in [1.82, 2.24) is 41.0 Å². The Morgan fingerprint density at radius 3 is 1.81 bits per heavy atom. The summed E-state index contributed by atoms with van der Waals surface area (Å²) in [7, 11) is 0. The lowest BCUT2D eigenvalue weighted by molar-refractivity contribution is 0.941. The summed E-state index contributed by atoms with van der Waals surface area (Å²) in [5, 5.41) is 28.2. The van der Waals surface area contributed by atoms with Crippen LogP contribution in [0.2, 0.25) is 0 Å². The maximum atomic E-state index is 4.13. The molecule has 102 valence electrons. The summed E-state index contributed by atoms with van der Waals surface area (Å²) < 4.78 is 0. The molecule has 0 radical (unpaired) electrons. The van der Waals surface area contributed by atoms with Crippen LogP contribution < -0.4 is 0 Å². The summed E-state index contributed by atoms with van der Waals surface area (Å²) in [5.41, 5.74) is 5.32. The Balaban J connectivity index is 1.92. The van der Waals surface area contributed by atoms with Crippen molar-refractivity contribution >= 4 is 0 Å². The van der Waals surface area contributed by atoms with Gasteiger partial charge in [0.15, 0.2) is 0 Å². The zero-order valence-electron chi connectivity index (χ0n) is 10.8. The topological polar surface area (TPSA) is 112 Å². The Bertz CT molecular complexity index is 703. The van der Waals surface area contributed by atoms with Gasteiger partial charge in [0.25, 0.3) is 0 Å². The lowest BCUT2D eigenvalue weighted by atomic mass is 10.0. The molecule has 0 fully saturated rings. The van der Waals surface area contributed by atoms with Crippen LogP contribution in [0.1, 0.15) is 0 Å². The van der Waals surface area contributed by atoms with Gasteiger partial charge >= 0.3 is 0 Å². The van der Waals surface area contributed by atoms with Crippen LogP contribution in [0.25, 0.3) is 33.8 Å². The first-order valence-electron chi connectivity index (χ1n) is 6.27. The van der Waals surface area contributed by atoms with E-state index < -0.39 is 0 Å². The van der Waals surface area contributed by atoms with E-state index in [9.17, 15) is 0 Å². The van der Waals surface area contributed by atoms with Gasteiger partial charge in [-0.25, -0.2) is 0 Å². The molecule has 0 atom stereocenters. The lowest BCUT2D eigenvalue weighted by Crippen LogP contribution is -1.87. The molecule has 8 heteroatoms. The average molecular weight is 278 g/mol. The van der Waals surface area contributed by atoms with Crippen LogP contribution in [0.5, 0.6) is 0 Å². The summed E-state index contributed by atoms with van der Waals surface area (Å²) in [6, 6.07) is 7.95. The minimum absolute atomic E-state index is 0.765. The van der Waals surface area contributed by atoms with E-state index in [2.05, 4.69) is 41.0 Å². The number of rotatable bonds is 3. The van der Waals surface area contributed by atoms with Crippen LogP contribution in [0.4, 0.5) is 0 Å². The van der Waals surface area contributed by atoms with Gasteiger partial charge < -0.3 is 0 Å². The Morgan fingerprint density at radius 1 is 0.714 bits per heavy atom. The second kappa shape index (κ2) is 4.67. The third-order valence-electron chi connectivity index (χ3n) is 3.17. The second-order valence-electron chi connectivity index (χ2n) is 4.48. The molecule has 0 saturated heterocycles. The molecule has 8 nitrogen and oxygen atoms in total. The number of hydrogen-bond donors (Lipinski definition) is 3. The number of nitrogens with zero attached hydrogens (tertiary/aromatic N) is 5. The Morgan fingerprint density at radius 2 is 1.33 bits per heavy atom. The predicted molar refractivity (Wildman–Crippen MR) is 74.8 cm³/mol. The number of aromatic nitrogens is 8. The fourth-order valence-electron chi connectivity index (χ4n) is 2.18. The van der Waals surface area contributed by atoms with Crippen molar-refractivity contribution in [3.63, 3.8) is 0 Å². The Labute approximate surface area is 118 Å². The van der Waals surface area contributed by atoms with Gasteiger partial charge in [-0.15, -0.1) is 0 Å². The standard InChI is InChI=1S/C13H10N8/c1-2-14-17-11(1)8-3-9(12-6-15-20-18-12)5-10(4-8)13-7-16-21-19-13/h1-7H,(H,14,17)(H,15,18,20)(H,16,19,21). The molecule has 0 aliphatic heterocycles. The molecule has 0 saturated carbocycles. The zero-order valence-corrected chi connectivity index (χ0v) is 10.8. The third kappa shape index (κ3) is 2.08. The monoisotopic (exact) mass is 278 g/mol. The SMILES string of the molecule is c1cc(-c2cc(-c3cn[nH]n3)cc(-c3cn[nH]n3)c2)[nH]n1. The van der Waals surface area contributed by atoms with E-state index in [-0.39, 0.29) is 0 Å². The van der Waals surface area contributed by atoms with Crippen molar-refractivity contribution in [3.8, 4) is 33.8 Å². The van der Waals surface area contributed by atoms with Gasteiger partial charge in [-0.2, -0.15) is 35.9 Å². The van der Waals surface area contributed by atoms with Gasteiger partial charge in [0, 0.05) is 22.9 Å². The van der Waals surface area contributed by atoms with Crippen LogP contribution in [-0.2, 0) is 0 Å². The fraction of sp³-hybridized carbons (Fsp3) is 0. The number of aromatic amines is 3. The molecule has 0 amide bonds. The third-order valence-corrected chi connectivity index (χ3v) is 3.17. The molecule has 3 heterocycles. The number of nitrogens with one attached hydrogen (secondary N) is 3. The van der Waals surface area contributed by atoms with Crippen molar-refractivity contribution < 1.29 is 0 Å². The van der Waals surface area contributed by atoms with E-state index in [0.29, 0.717) is 0 Å². The summed E-state index contributed by atoms with van der Waals surface area (Å²) in [6.45, 7) is 0. The fourth-order valence-corrected chi connectivity index (χ4v) is 2.18. The molecule has 4 rings (SSSR count). The van der Waals surface area contributed by atoms with Crippen molar-refractivity contribution in [1.29, 1.82) is 0 Å². The second-order valence-corrected chi connectivity index (χ2v) is 4.48. The van der Waals surface area contributed by atoms with Gasteiger partial charge in [0.1, 0.15) is 11.4 Å². The molecular formula is C13H10N8. The first kappa shape index (κ1) is 11.5. The van der Waals surface area contributed by atoms with E-state index in [1.54, 1.807) is 18.6 Å². The first-order valence-corrected chi connectivity index (χ1v) is 6.27. The molecule has 0 unspecified atom stereocenters. The molecule has 0 aliphatic rings. The van der Waals surface area contributed by atoms with E-state index >= 15 is 0 Å². The number of H-pyrrole nitrogens is 3. The number of benzene rings is 1. The zero-order chi connectivity index (χ0) is 14.1. The summed E-state index contributed by atoms with van der Waals surface area (Å²) in [5.74, 6) is 0. The van der Waals surface area contributed by atoms with Gasteiger partial charge in [-0.05, 0) is 24.3 Å². The molecule has 3 N–H and O–H groups in total. The normalized spacial score (nSPS) is 10.9. The van der Waals surface area contributed by atoms with E-state index in [4.69, 9.17) is 0 Å². The van der Waals surface area contributed by atoms with Crippen molar-refractivity contribution in [2.45, 2.75) is 0 Å². The van der Waals surface area contributed by atoms with Crippen LogP contribution in [0, 0.1) is 0 Å². The van der Waals surface area contributed by atoms with Crippen LogP contribution in [-0.4, -0.2) is 41.0 Å². The molecule has 0 aliphatic carbocycles. The van der Waals surface area contributed by atoms with Gasteiger partial charge in [-0.3, -0.25) is 5.10 Å². The van der Waals surface area contributed by atoms with E-state index in [1.807, 2.05) is 24.3 Å². The molecule has 1 aromatic carbocycles. The molecular weight excluding hydrogens is 268 g/mol. The Hall–Kier alpha value is -3.29. The maximum Gasteiger partial charge on any atom is 0.112 e. The molecule has 4 aromatic rings. The highest BCUT2D eigenvalue weighted by Crippen LogP contribution is 2.29. The summed E-state index contributed by atoms with van der Waals surface area (Å²) in [4.78, 5) is 0. The lowest BCUT2D eigenvalue weighted by Gasteiger charge is -2.05. The van der Waals surface area contributed by atoms with Crippen molar-refractivity contribution in [2.24, 2.45) is 0 Å². The van der Waals surface area contributed by atoms with Crippen molar-refractivity contribution in [2.75, 3.05) is 0 Å². The highest BCUT2D eigenvalue weighted by atomic mass is 15.3. The summed E-state index contributed by atoms with van der Waals surface area (Å²) >= 11 is 0. The van der Waals surface area contributed by atoms with Gasteiger partial charge in [0.05, 0.1) is 18.1 Å². The first-order chi connectivity index (χ1) is 10.4. The highest BCUT2D eigenvalue weighted by molar-refractivity contribution is 5.77. The van der Waals surface area contributed by atoms with Gasteiger partial charge in [-0.1, -0.05) is 0 Å². The van der Waals surface area contributed by atoms with Gasteiger partial charge in [0.2, 0.25) is 0 Å². The Kier molecular flexibility index (Phi) is 2.57. The predicted octanol–water partition coefficient (Wildman–Crippen LogP) is 1.65. The van der Waals surface area contributed by atoms with Crippen LogP contribution in [0.15, 0.2) is 42.9 Å². The highest BCUT2D eigenvalue weighted by Gasteiger charge is 2.10. The average Bonchev–Trinajstić information content (AvgIpc) is 3.29. The van der Waals surface area contributed by atoms with E-state index in [1.165, 1.54) is 0 Å². The molecule has 0 bridgehead atoms. The minimum Gasteiger partial charge on any atom is -0.278 e. The summed E-state index contributed by atoms with van der Waals surface area (Å²) in [6.07, 6.45) is 5.07. The van der Waals surface area contributed by atoms with Crippen LogP contribution >= 0.6 is 0 Å². The minimum atomic E-state index is 0.765. The maximum absolute atomic E-state index is 4.13. The van der Waals surface area contributed by atoms with Crippen LogP contribution in [0.3, 0.4) is 0 Å². The molecule has 3 aromatic heterocycles. The molecule has 21 heavy (non-hydrogen) atoms. The number of hydrogen-bond acceptors (Lipinski definition) is 5.